The maximum Gasteiger partial charge on any atom is 0.261 e. The number of hydrogen-bond donors (Lipinski definition) is 2. The summed E-state index contributed by atoms with van der Waals surface area (Å²) in [4.78, 5) is 27.6. The molecule has 6 nitrogen and oxygen atoms in total. The zero-order valence-corrected chi connectivity index (χ0v) is 11.6. The van der Waals surface area contributed by atoms with E-state index in [0.29, 0.717) is 30.6 Å². The van der Waals surface area contributed by atoms with Crippen molar-refractivity contribution in [3.05, 3.63) is 35.4 Å². The summed E-state index contributed by atoms with van der Waals surface area (Å²) in [6.07, 6.45) is 0.0721. The van der Waals surface area contributed by atoms with Crippen LogP contribution in [0.5, 0.6) is 0 Å². The van der Waals surface area contributed by atoms with Gasteiger partial charge < -0.3 is 10.2 Å². The van der Waals surface area contributed by atoms with E-state index >= 15 is 0 Å². The fraction of sp³-hybridized carbons (Fsp3) is 0.467. The largest absolute Gasteiger partial charge is 0.395 e. The van der Waals surface area contributed by atoms with Crippen LogP contribution >= 0.6 is 0 Å². The van der Waals surface area contributed by atoms with Gasteiger partial charge in [0.25, 0.3) is 11.8 Å². The van der Waals surface area contributed by atoms with Crippen LogP contribution in [0.1, 0.15) is 27.1 Å². The Bertz CT molecular complexity index is 540. The number of benzene rings is 1. The number of rotatable bonds is 4. The first-order valence-corrected chi connectivity index (χ1v) is 7.10. The fourth-order valence-electron chi connectivity index (χ4n) is 3.09. The smallest absolute Gasteiger partial charge is 0.261 e. The summed E-state index contributed by atoms with van der Waals surface area (Å²) in [5.74, 6) is -0.535. The Morgan fingerprint density at radius 2 is 1.71 bits per heavy atom. The van der Waals surface area contributed by atoms with Gasteiger partial charge in [0.1, 0.15) is 0 Å². The lowest BCUT2D eigenvalue weighted by atomic mass is 10.1. The number of hydrogen-bond acceptors (Lipinski definition) is 5. The molecule has 3 rings (SSSR count). The van der Waals surface area contributed by atoms with E-state index in [1.54, 1.807) is 24.3 Å². The molecule has 2 amide bonds. The van der Waals surface area contributed by atoms with Gasteiger partial charge in [-0.15, -0.1) is 0 Å². The zero-order valence-electron chi connectivity index (χ0n) is 11.6. The number of fused-ring (bicyclic) bond motifs is 1. The SMILES string of the molecule is O=C1c2ccccc2C(=O)N1CCN1CC(O)CC1CO. The number of aliphatic hydroxyl groups is 2. The Morgan fingerprint density at radius 1 is 1.10 bits per heavy atom. The summed E-state index contributed by atoms with van der Waals surface area (Å²) in [6, 6.07) is 6.70. The van der Waals surface area contributed by atoms with Crippen LogP contribution in [0.3, 0.4) is 0 Å². The van der Waals surface area contributed by atoms with E-state index in [4.69, 9.17) is 0 Å². The van der Waals surface area contributed by atoms with E-state index in [1.807, 2.05) is 4.90 Å². The molecule has 0 saturated carbocycles. The van der Waals surface area contributed by atoms with Gasteiger partial charge in [0, 0.05) is 25.7 Å². The van der Waals surface area contributed by atoms with Crippen LogP contribution in [0.2, 0.25) is 0 Å². The number of nitrogens with zero attached hydrogens (tertiary/aromatic N) is 2. The first-order valence-electron chi connectivity index (χ1n) is 7.10. The lowest BCUT2D eigenvalue weighted by Crippen LogP contribution is -2.41. The lowest BCUT2D eigenvalue weighted by molar-refractivity contribution is 0.0623. The van der Waals surface area contributed by atoms with Crippen molar-refractivity contribution >= 4 is 11.8 Å². The Labute approximate surface area is 122 Å². The predicted octanol–water partition coefficient (Wildman–Crippen LogP) is -0.290. The van der Waals surface area contributed by atoms with Gasteiger partial charge in [0.15, 0.2) is 0 Å². The van der Waals surface area contributed by atoms with Gasteiger partial charge in [-0.05, 0) is 18.6 Å². The Hall–Kier alpha value is -1.76. The van der Waals surface area contributed by atoms with Gasteiger partial charge in [-0.3, -0.25) is 19.4 Å². The Kier molecular flexibility index (Phi) is 3.75. The third-order valence-electron chi connectivity index (χ3n) is 4.21. The maximum absolute atomic E-state index is 12.2. The molecule has 2 unspecified atom stereocenters. The van der Waals surface area contributed by atoms with Crippen molar-refractivity contribution in [1.82, 2.24) is 9.80 Å². The van der Waals surface area contributed by atoms with Crippen LogP contribution in [-0.4, -0.2) is 70.2 Å². The minimum Gasteiger partial charge on any atom is -0.395 e. The molecule has 2 N–H and O–H groups in total. The molecule has 1 saturated heterocycles. The molecule has 0 bridgehead atoms. The number of amides is 2. The van der Waals surface area contributed by atoms with Crippen LogP contribution in [0, 0.1) is 0 Å². The molecule has 0 aliphatic carbocycles. The molecule has 0 radical (unpaired) electrons. The van der Waals surface area contributed by atoms with Crippen molar-refractivity contribution in [3.63, 3.8) is 0 Å². The van der Waals surface area contributed by atoms with Crippen molar-refractivity contribution in [3.8, 4) is 0 Å². The zero-order chi connectivity index (χ0) is 15.0. The number of carbonyl (C=O) groups is 2. The highest BCUT2D eigenvalue weighted by Gasteiger charge is 2.36. The quantitative estimate of drug-likeness (QED) is 0.745. The number of imide groups is 1. The highest BCUT2D eigenvalue weighted by atomic mass is 16.3. The third-order valence-corrected chi connectivity index (χ3v) is 4.21. The van der Waals surface area contributed by atoms with Gasteiger partial charge in [-0.1, -0.05) is 12.1 Å². The predicted molar refractivity (Wildman–Crippen MR) is 74.9 cm³/mol. The lowest BCUT2D eigenvalue weighted by Gasteiger charge is -2.24. The molecule has 1 aromatic rings. The second-order valence-corrected chi connectivity index (χ2v) is 5.53. The second kappa shape index (κ2) is 5.55. The normalized spacial score (nSPS) is 25.7. The minimum absolute atomic E-state index is 0.0286. The van der Waals surface area contributed by atoms with Crippen LogP contribution < -0.4 is 0 Å². The first-order chi connectivity index (χ1) is 10.1. The first kappa shape index (κ1) is 14.2. The van der Waals surface area contributed by atoms with E-state index in [2.05, 4.69) is 0 Å². The number of likely N-dealkylation sites (tertiary alicyclic amines) is 1. The summed E-state index contributed by atoms with van der Waals surface area (Å²) in [6.45, 7) is 1.18. The molecule has 2 aliphatic heterocycles. The molecule has 21 heavy (non-hydrogen) atoms. The van der Waals surface area contributed by atoms with Gasteiger partial charge in [0.2, 0.25) is 0 Å². The molecule has 1 fully saturated rings. The standard InChI is InChI=1S/C15H18N2O4/c18-9-10-7-11(19)8-16(10)5-6-17-14(20)12-3-1-2-4-13(12)15(17)21/h1-4,10-11,18-19H,5-9H2. The minimum atomic E-state index is -0.454. The molecular weight excluding hydrogens is 272 g/mol. The highest BCUT2D eigenvalue weighted by Crippen LogP contribution is 2.23. The summed E-state index contributed by atoms with van der Waals surface area (Å²) >= 11 is 0. The van der Waals surface area contributed by atoms with Gasteiger partial charge >= 0.3 is 0 Å². The molecule has 1 aromatic carbocycles. The van der Waals surface area contributed by atoms with Gasteiger partial charge in [-0.2, -0.15) is 0 Å². The average Bonchev–Trinajstić information content (AvgIpc) is 2.97. The summed E-state index contributed by atoms with van der Waals surface area (Å²) < 4.78 is 0. The molecule has 2 atom stereocenters. The van der Waals surface area contributed by atoms with Crippen LogP contribution in [-0.2, 0) is 0 Å². The molecule has 0 aromatic heterocycles. The van der Waals surface area contributed by atoms with Crippen LogP contribution in [0.15, 0.2) is 24.3 Å². The molecule has 0 spiro atoms. The topological polar surface area (TPSA) is 81.1 Å². The summed E-state index contributed by atoms with van der Waals surface area (Å²) in [7, 11) is 0. The van der Waals surface area contributed by atoms with Crippen molar-refractivity contribution in [2.24, 2.45) is 0 Å². The van der Waals surface area contributed by atoms with Gasteiger partial charge in [0.05, 0.1) is 23.8 Å². The fourth-order valence-corrected chi connectivity index (χ4v) is 3.09. The van der Waals surface area contributed by atoms with E-state index < -0.39 is 6.10 Å². The van der Waals surface area contributed by atoms with Crippen molar-refractivity contribution in [2.45, 2.75) is 18.6 Å². The highest BCUT2D eigenvalue weighted by molar-refractivity contribution is 6.21. The monoisotopic (exact) mass is 290 g/mol. The average molecular weight is 290 g/mol. The molecule has 2 aliphatic rings. The van der Waals surface area contributed by atoms with Crippen molar-refractivity contribution < 1.29 is 19.8 Å². The number of aliphatic hydroxyl groups excluding tert-OH is 2. The Morgan fingerprint density at radius 3 is 2.29 bits per heavy atom. The number of carbonyl (C=O) groups excluding carboxylic acids is 2. The Balaban J connectivity index is 1.67. The summed E-state index contributed by atoms with van der Waals surface area (Å²) in [5, 5.41) is 18.9. The molecule has 112 valence electrons. The second-order valence-electron chi connectivity index (χ2n) is 5.53. The summed E-state index contributed by atoms with van der Waals surface area (Å²) in [5.41, 5.74) is 0.894. The van der Waals surface area contributed by atoms with Crippen LogP contribution in [0.4, 0.5) is 0 Å². The van der Waals surface area contributed by atoms with E-state index in [-0.39, 0.29) is 31.0 Å². The van der Waals surface area contributed by atoms with Crippen molar-refractivity contribution in [1.29, 1.82) is 0 Å². The third kappa shape index (κ3) is 2.46. The maximum atomic E-state index is 12.2. The van der Waals surface area contributed by atoms with E-state index in [0.717, 1.165) is 0 Å². The van der Waals surface area contributed by atoms with Crippen molar-refractivity contribution in [2.75, 3.05) is 26.2 Å². The number of β-amino-alcohol motifs (C(OH)–C–C–N with tert-alkyl or cyclic N) is 1. The molecule has 2 heterocycles. The molecular formula is C15H18N2O4. The van der Waals surface area contributed by atoms with Crippen LogP contribution in [0.25, 0.3) is 0 Å². The van der Waals surface area contributed by atoms with E-state index in [9.17, 15) is 19.8 Å². The molecule has 6 heteroatoms. The van der Waals surface area contributed by atoms with Gasteiger partial charge in [-0.25, -0.2) is 0 Å². The van der Waals surface area contributed by atoms with E-state index in [1.165, 1.54) is 4.90 Å².